The molecule has 6 nitrogen and oxygen atoms in total. The summed E-state index contributed by atoms with van der Waals surface area (Å²) in [7, 11) is 0. The maximum atomic E-state index is 12.8. The predicted molar refractivity (Wildman–Crippen MR) is 247 cm³/mol. The quantitative estimate of drug-likeness (QED) is 0.0346. The molecule has 1 unspecified atom stereocenters. The van der Waals surface area contributed by atoms with Crippen molar-refractivity contribution in [3.63, 3.8) is 0 Å². The second kappa shape index (κ2) is 44.9. The van der Waals surface area contributed by atoms with E-state index in [0.29, 0.717) is 19.3 Å². The zero-order chi connectivity index (χ0) is 42.6. The minimum Gasteiger partial charge on any atom is -0.462 e. The Morgan fingerprint density at radius 3 is 0.983 bits per heavy atom. The van der Waals surface area contributed by atoms with Crippen LogP contribution in [-0.4, -0.2) is 37.2 Å². The lowest BCUT2D eigenvalue weighted by Crippen LogP contribution is -2.30. The third-order valence-electron chi connectivity index (χ3n) is 12.1. The van der Waals surface area contributed by atoms with Crippen LogP contribution in [0.2, 0.25) is 0 Å². The molecule has 0 aliphatic heterocycles. The summed E-state index contributed by atoms with van der Waals surface area (Å²) in [5.74, 6) is 0.862. The molecule has 0 saturated heterocycles. The molecular weight excluding hydrogens is 721 g/mol. The summed E-state index contributed by atoms with van der Waals surface area (Å²) in [6, 6.07) is 0. The first kappa shape index (κ1) is 56.4. The van der Waals surface area contributed by atoms with Crippen LogP contribution in [0.15, 0.2) is 0 Å². The van der Waals surface area contributed by atoms with Gasteiger partial charge in [-0.05, 0) is 31.1 Å². The van der Waals surface area contributed by atoms with Crippen LogP contribution >= 0.6 is 0 Å². The predicted octanol–water partition coefficient (Wildman–Crippen LogP) is 16.5. The van der Waals surface area contributed by atoms with E-state index >= 15 is 0 Å². The highest BCUT2D eigenvalue weighted by Gasteiger charge is 2.19. The zero-order valence-electron chi connectivity index (χ0n) is 39.7. The summed E-state index contributed by atoms with van der Waals surface area (Å²) < 4.78 is 16.8. The van der Waals surface area contributed by atoms with E-state index in [9.17, 15) is 14.4 Å². The summed E-state index contributed by atoms with van der Waals surface area (Å²) in [6.45, 7) is 11.4. The molecule has 0 heterocycles. The fraction of sp³-hybridized carbons (Fsp3) is 0.942. The van der Waals surface area contributed by atoms with Gasteiger partial charge in [0.05, 0.1) is 0 Å². The molecule has 58 heavy (non-hydrogen) atoms. The zero-order valence-corrected chi connectivity index (χ0v) is 39.7. The van der Waals surface area contributed by atoms with Crippen molar-refractivity contribution in [2.45, 2.75) is 291 Å². The van der Waals surface area contributed by atoms with Gasteiger partial charge in [-0.1, -0.05) is 247 Å². The van der Waals surface area contributed by atoms with E-state index in [2.05, 4.69) is 34.6 Å². The van der Waals surface area contributed by atoms with Crippen molar-refractivity contribution in [2.75, 3.05) is 13.2 Å². The Bertz CT molecular complexity index is 887. The van der Waals surface area contributed by atoms with E-state index in [-0.39, 0.29) is 31.1 Å². The molecule has 0 fully saturated rings. The van der Waals surface area contributed by atoms with Gasteiger partial charge in [-0.25, -0.2) is 0 Å². The molecule has 0 rings (SSSR count). The molecule has 6 heteroatoms. The molecule has 2 atom stereocenters. The number of rotatable bonds is 46. The first-order valence-corrected chi connectivity index (χ1v) is 25.8. The van der Waals surface area contributed by atoms with Gasteiger partial charge in [-0.3, -0.25) is 14.4 Å². The van der Waals surface area contributed by atoms with E-state index in [1.807, 2.05) is 0 Å². The summed E-state index contributed by atoms with van der Waals surface area (Å²) >= 11 is 0. The molecule has 0 aromatic rings. The fourth-order valence-corrected chi connectivity index (χ4v) is 7.78. The van der Waals surface area contributed by atoms with E-state index in [1.165, 1.54) is 173 Å². The van der Waals surface area contributed by atoms with E-state index in [0.717, 1.165) is 69.6 Å². The van der Waals surface area contributed by atoms with Crippen LogP contribution in [-0.2, 0) is 28.6 Å². The molecule has 0 aliphatic rings. The van der Waals surface area contributed by atoms with Crippen LogP contribution in [0.5, 0.6) is 0 Å². The first-order valence-electron chi connectivity index (χ1n) is 25.8. The lowest BCUT2D eigenvalue weighted by atomic mass is 9.99. The Kier molecular flexibility index (Phi) is 43.7. The van der Waals surface area contributed by atoms with Gasteiger partial charge >= 0.3 is 17.9 Å². The van der Waals surface area contributed by atoms with Crippen LogP contribution in [0.4, 0.5) is 0 Å². The molecule has 344 valence electrons. The van der Waals surface area contributed by atoms with Gasteiger partial charge in [-0.2, -0.15) is 0 Å². The molecule has 0 aromatic heterocycles. The summed E-state index contributed by atoms with van der Waals surface area (Å²) in [4.78, 5) is 37.8. The van der Waals surface area contributed by atoms with Crippen molar-refractivity contribution in [3.05, 3.63) is 0 Å². The Morgan fingerprint density at radius 1 is 0.362 bits per heavy atom. The smallest absolute Gasteiger partial charge is 0.306 e. The Balaban J connectivity index is 4.26. The minimum absolute atomic E-state index is 0.0640. The summed E-state index contributed by atoms with van der Waals surface area (Å²) in [6.07, 6.45) is 45.1. The summed E-state index contributed by atoms with van der Waals surface area (Å²) in [5, 5.41) is 0. The molecule has 0 aromatic carbocycles. The van der Waals surface area contributed by atoms with Crippen molar-refractivity contribution in [1.29, 1.82) is 0 Å². The lowest BCUT2D eigenvalue weighted by molar-refractivity contribution is -0.167. The SMILES string of the molecule is CCCCCCCCCCCC(=O)OC[C@H](COC(=O)CCCCCCCCCCCCC(C)C)OC(=O)CCCCCCCCCCCCCCCCC(C)CC. The second-order valence-electron chi connectivity index (χ2n) is 18.5. The number of hydrogen-bond donors (Lipinski definition) is 0. The van der Waals surface area contributed by atoms with E-state index in [1.54, 1.807) is 0 Å². The van der Waals surface area contributed by atoms with Crippen molar-refractivity contribution >= 4 is 17.9 Å². The molecule has 0 spiro atoms. The number of carbonyl (C=O) groups excluding carboxylic acids is 3. The normalized spacial score (nSPS) is 12.5. The minimum atomic E-state index is -0.761. The number of ether oxygens (including phenoxy) is 3. The molecular formula is C52H100O6. The Morgan fingerprint density at radius 2 is 0.655 bits per heavy atom. The molecule has 0 radical (unpaired) electrons. The van der Waals surface area contributed by atoms with Crippen molar-refractivity contribution in [1.82, 2.24) is 0 Å². The van der Waals surface area contributed by atoms with Crippen LogP contribution in [0, 0.1) is 11.8 Å². The topological polar surface area (TPSA) is 78.9 Å². The van der Waals surface area contributed by atoms with E-state index < -0.39 is 6.10 Å². The van der Waals surface area contributed by atoms with Crippen LogP contribution in [0.3, 0.4) is 0 Å². The number of unbranched alkanes of at least 4 members (excludes halogenated alkanes) is 30. The average molecular weight is 821 g/mol. The van der Waals surface area contributed by atoms with Gasteiger partial charge in [0.2, 0.25) is 0 Å². The van der Waals surface area contributed by atoms with Crippen LogP contribution in [0.1, 0.15) is 285 Å². The number of carbonyl (C=O) groups is 3. The van der Waals surface area contributed by atoms with Gasteiger partial charge in [-0.15, -0.1) is 0 Å². The lowest BCUT2D eigenvalue weighted by Gasteiger charge is -2.18. The molecule has 0 saturated carbocycles. The summed E-state index contributed by atoms with van der Waals surface area (Å²) in [5.41, 5.74) is 0. The second-order valence-corrected chi connectivity index (χ2v) is 18.5. The van der Waals surface area contributed by atoms with Gasteiger partial charge < -0.3 is 14.2 Å². The maximum absolute atomic E-state index is 12.8. The third-order valence-corrected chi connectivity index (χ3v) is 12.1. The Hall–Kier alpha value is -1.59. The molecule has 0 N–H and O–H groups in total. The monoisotopic (exact) mass is 821 g/mol. The molecule has 0 aliphatic carbocycles. The first-order chi connectivity index (χ1) is 28.3. The van der Waals surface area contributed by atoms with Crippen molar-refractivity contribution in [3.8, 4) is 0 Å². The number of esters is 3. The highest BCUT2D eigenvalue weighted by Crippen LogP contribution is 2.18. The highest BCUT2D eigenvalue weighted by atomic mass is 16.6. The van der Waals surface area contributed by atoms with Gasteiger partial charge in [0.25, 0.3) is 0 Å². The highest BCUT2D eigenvalue weighted by molar-refractivity contribution is 5.71. The van der Waals surface area contributed by atoms with Gasteiger partial charge in [0.1, 0.15) is 13.2 Å². The van der Waals surface area contributed by atoms with Crippen LogP contribution < -0.4 is 0 Å². The fourth-order valence-electron chi connectivity index (χ4n) is 7.78. The molecule has 0 amide bonds. The van der Waals surface area contributed by atoms with Crippen molar-refractivity contribution < 1.29 is 28.6 Å². The number of hydrogen-bond acceptors (Lipinski definition) is 6. The standard InChI is InChI=1S/C52H100O6/c1-6-8-9-10-11-20-27-32-37-42-50(53)56-45-49(46-57-51(54)43-38-33-28-23-19-18-21-25-30-35-40-47(3)4)58-52(55)44-39-34-29-24-17-15-13-12-14-16-22-26-31-36-41-48(5)7-2/h47-49H,6-46H2,1-5H3/t48?,49-/m1/s1. The van der Waals surface area contributed by atoms with Crippen LogP contribution in [0.25, 0.3) is 0 Å². The third kappa shape index (κ3) is 44.0. The van der Waals surface area contributed by atoms with Gasteiger partial charge in [0, 0.05) is 19.3 Å². The van der Waals surface area contributed by atoms with Crippen molar-refractivity contribution in [2.24, 2.45) is 11.8 Å². The molecule has 0 bridgehead atoms. The van der Waals surface area contributed by atoms with E-state index in [4.69, 9.17) is 14.2 Å². The Labute approximate surface area is 361 Å². The average Bonchev–Trinajstić information content (AvgIpc) is 3.21. The maximum Gasteiger partial charge on any atom is 0.306 e. The van der Waals surface area contributed by atoms with Gasteiger partial charge in [0.15, 0.2) is 6.10 Å². The largest absolute Gasteiger partial charge is 0.462 e.